The molecule has 3 aromatic carbocycles. The van der Waals surface area contributed by atoms with Gasteiger partial charge in [0.1, 0.15) is 23.9 Å². The lowest BCUT2D eigenvalue weighted by atomic mass is 9.44. The first-order valence-electron chi connectivity index (χ1n) is 21.2. The van der Waals surface area contributed by atoms with Crippen molar-refractivity contribution in [3.8, 4) is 0 Å². The Morgan fingerprint density at radius 2 is 1.47 bits per heavy atom. The van der Waals surface area contributed by atoms with Gasteiger partial charge in [-0.1, -0.05) is 80.6 Å². The number of carbonyl (C=O) groups is 6. The highest BCUT2D eigenvalue weighted by atomic mass is 16.8. The fourth-order valence-electron chi connectivity index (χ4n) is 10.2. The number of aliphatic hydroxyl groups excluding tert-OH is 2. The van der Waals surface area contributed by atoms with Crippen LogP contribution in [0.4, 0.5) is 4.79 Å². The van der Waals surface area contributed by atoms with Crippen molar-refractivity contribution in [1.29, 1.82) is 0 Å². The summed E-state index contributed by atoms with van der Waals surface area (Å²) in [6, 6.07) is 22.8. The molecular weight excluding hydrogens is 831 g/mol. The molecule has 16 heteroatoms. The van der Waals surface area contributed by atoms with Crippen LogP contribution in [0, 0.1) is 16.7 Å². The van der Waals surface area contributed by atoms with Crippen LogP contribution in [0.5, 0.6) is 0 Å². The lowest BCUT2D eigenvalue weighted by Gasteiger charge is -2.67. The molecule has 3 fully saturated rings. The molecule has 1 amide bonds. The summed E-state index contributed by atoms with van der Waals surface area (Å²) in [4.78, 5) is 84.1. The number of ketones is 1. The number of benzene rings is 3. The van der Waals surface area contributed by atoms with Gasteiger partial charge >= 0.3 is 24.1 Å². The summed E-state index contributed by atoms with van der Waals surface area (Å²) < 4.78 is 35.6. The predicted octanol–water partition coefficient (Wildman–Crippen LogP) is 4.35. The second-order valence-corrected chi connectivity index (χ2v) is 17.5. The maximum atomic E-state index is 15.6. The molecule has 2 saturated carbocycles. The third kappa shape index (κ3) is 7.75. The van der Waals surface area contributed by atoms with E-state index in [1.54, 1.807) is 99.6 Å². The van der Waals surface area contributed by atoms with E-state index >= 15 is 4.79 Å². The number of ether oxygens (including phenoxy) is 6. The van der Waals surface area contributed by atoms with Gasteiger partial charge in [0.25, 0.3) is 5.91 Å². The second-order valence-electron chi connectivity index (χ2n) is 17.5. The fraction of sp³-hybridized carbons (Fsp3) is 0.458. The van der Waals surface area contributed by atoms with E-state index in [-0.39, 0.29) is 41.9 Å². The first kappa shape index (κ1) is 46.1. The average Bonchev–Trinajstić information content (AvgIpc) is 3.27. The Bertz CT molecular complexity index is 2320. The first-order chi connectivity index (χ1) is 30.3. The van der Waals surface area contributed by atoms with Crippen LogP contribution in [0.25, 0.3) is 0 Å². The summed E-state index contributed by atoms with van der Waals surface area (Å²) in [5.74, 6) is -6.23. The highest BCUT2D eigenvalue weighted by Crippen LogP contribution is 2.64. The Balaban J connectivity index is 1.39. The normalized spacial score (nSPS) is 31.2. The van der Waals surface area contributed by atoms with Crippen molar-refractivity contribution in [3.05, 3.63) is 119 Å². The van der Waals surface area contributed by atoms with Crippen molar-refractivity contribution in [1.82, 2.24) is 5.32 Å². The van der Waals surface area contributed by atoms with Crippen molar-refractivity contribution in [3.63, 3.8) is 0 Å². The maximum absolute atomic E-state index is 15.6. The van der Waals surface area contributed by atoms with Gasteiger partial charge in [0.05, 0.1) is 42.3 Å². The number of hydrogen-bond acceptors (Lipinski definition) is 15. The number of fused-ring (bicyclic) bond motifs is 5. The summed E-state index contributed by atoms with van der Waals surface area (Å²) in [6.07, 6.45) is -12.0. The largest absolute Gasteiger partial charge is 0.509 e. The number of rotatable bonds is 11. The number of esters is 3. The monoisotopic (exact) mass is 883 g/mol. The Morgan fingerprint density at radius 1 is 0.875 bits per heavy atom. The van der Waals surface area contributed by atoms with Crippen LogP contribution in [-0.4, -0.2) is 112 Å². The van der Waals surface area contributed by atoms with Crippen LogP contribution in [0.1, 0.15) is 86.7 Å². The Morgan fingerprint density at radius 3 is 2.03 bits per heavy atom. The van der Waals surface area contributed by atoms with Crippen LogP contribution < -0.4 is 5.32 Å². The van der Waals surface area contributed by atoms with E-state index in [4.69, 9.17) is 28.4 Å². The lowest BCUT2D eigenvalue weighted by Crippen LogP contribution is -2.82. The minimum atomic E-state index is -2.43. The standard InChI is InChI=1S/C48H53NO15/c1-7-59-44(57)64-47-25-60-33(47)23-32(51)46(6)38(47)40(63-42(55)30-21-15-10-16-22-30)48(58)24-31(26(2)34(45(48,4)5)37(39(46)53)61-27(3)50)62-43(56)36(52)35(28-17-11-8-12-18-28)49-41(54)29-19-13-9-14-20-29/h8-22,31-33,35-38,40,51-52,58H,7,23-25H2,1-6H3,(H,49,54)/t31-,32-,33+,35-,36+,37+,38-,40-,46+,47-,48+/m0/s1. The summed E-state index contributed by atoms with van der Waals surface area (Å²) in [7, 11) is 0. The highest BCUT2D eigenvalue weighted by Gasteiger charge is 2.78. The molecule has 3 aliphatic carbocycles. The third-order valence-corrected chi connectivity index (χ3v) is 13.7. The third-order valence-electron chi connectivity index (χ3n) is 13.7. The van der Waals surface area contributed by atoms with Gasteiger partial charge in [-0.3, -0.25) is 14.4 Å². The smallest absolute Gasteiger partial charge is 0.456 e. The topological polar surface area (TPSA) is 231 Å². The van der Waals surface area contributed by atoms with Crippen LogP contribution in [0.3, 0.4) is 0 Å². The van der Waals surface area contributed by atoms with Crippen LogP contribution in [-0.2, 0) is 42.8 Å². The van der Waals surface area contributed by atoms with Crippen molar-refractivity contribution < 1.29 is 72.5 Å². The predicted molar refractivity (Wildman–Crippen MR) is 224 cm³/mol. The number of carbonyl (C=O) groups excluding carboxylic acids is 6. The van der Waals surface area contributed by atoms with Gasteiger partial charge in [0.15, 0.2) is 23.6 Å². The SMILES string of the molecule is CCOC(=O)O[C@@]12CO[C@@H]1C[C@H](O)[C@@]1(C)C(=O)[C@H](OC(C)=O)C3=C(C)[C@@H](OC(=O)[C@H](O)[C@@H](NC(=O)c4ccccc4)c4ccccc4)C[C@@](O)([C@@H](OC(=O)c4ccccc4)[C@H]21)C3(C)C. The van der Waals surface area contributed by atoms with Gasteiger partial charge in [-0.05, 0) is 61.7 Å². The Kier molecular flexibility index (Phi) is 12.6. The molecule has 2 bridgehead atoms. The van der Waals surface area contributed by atoms with Crippen LogP contribution >= 0.6 is 0 Å². The van der Waals surface area contributed by atoms with Crippen molar-refractivity contribution >= 4 is 35.8 Å². The molecule has 64 heavy (non-hydrogen) atoms. The number of hydrogen-bond donors (Lipinski definition) is 4. The quantitative estimate of drug-likeness (QED) is 0.119. The van der Waals surface area contributed by atoms with Gasteiger partial charge in [-0.25, -0.2) is 14.4 Å². The first-order valence-corrected chi connectivity index (χ1v) is 21.2. The van der Waals surface area contributed by atoms with E-state index < -0.39 is 113 Å². The molecule has 1 saturated heterocycles. The molecule has 0 spiro atoms. The van der Waals surface area contributed by atoms with Gasteiger partial charge in [0, 0.05) is 30.7 Å². The van der Waals surface area contributed by atoms with Crippen molar-refractivity contribution in [2.75, 3.05) is 13.2 Å². The average molecular weight is 884 g/mol. The molecule has 11 atom stereocenters. The fourth-order valence-corrected chi connectivity index (χ4v) is 10.2. The zero-order valence-electron chi connectivity index (χ0n) is 36.3. The molecule has 1 heterocycles. The molecule has 4 aliphatic rings. The molecule has 340 valence electrons. The second kappa shape index (κ2) is 17.6. The Labute approximate surface area is 369 Å². The molecule has 0 aromatic heterocycles. The van der Waals surface area contributed by atoms with E-state index in [1.165, 1.54) is 26.0 Å². The molecule has 3 aromatic rings. The molecule has 0 radical (unpaired) electrons. The van der Waals surface area contributed by atoms with E-state index in [1.807, 2.05) is 0 Å². The number of aliphatic hydroxyl groups is 3. The van der Waals surface area contributed by atoms with Gasteiger partial charge < -0.3 is 49.1 Å². The van der Waals surface area contributed by atoms with Crippen molar-refractivity contribution in [2.45, 2.75) is 108 Å². The molecule has 4 N–H and O–H groups in total. The Hall–Kier alpha value is -5.94. The van der Waals surface area contributed by atoms with E-state index in [9.17, 15) is 39.3 Å². The van der Waals surface area contributed by atoms with Crippen LogP contribution in [0.2, 0.25) is 0 Å². The number of Topliss-reactive ketones (excluding diaryl/α,β-unsaturated/α-hetero) is 1. The zero-order chi connectivity index (χ0) is 46.4. The number of amides is 1. The van der Waals surface area contributed by atoms with Crippen LogP contribution in [0.15, 0.2) is 102 Å². The zero-order valence-corrected chi connectivity index (χ0v) is 36.3. The van der Waals surface area contributed by atoms with Gasteiger partial charge in [-0.15, -0.1) is 0 Å². The highest BCUT2D eigenvalue weighted by molar-refractivity contribution is 5.96. The molecule has 7 rings (SSSR count). The van der Waals surface area contributed by atoms with Crippen molar-refractivity contribution in [2.24, 2.45) is 16.7 Å². The van der Waals surface area contributed by atoms with E-state index in [2.05, 4.69) is 5.32 Å². The molecule has 0 unspecified atom stereocenters. The lowest BCUT2D eigenvalue weighted by molar-refractivity contribution is -0.344. The summed E-state index contributed by atoms with van der Waals surface area (Å²) in [5.41, 5.74) is -7.35. The number of nitrogens with one attached hydrogen (secondary N) is 1. The maximum Gasteiger partial charge on any atom is 0.509 e. The minimum Gasteiger partial charge on any atom is -0.456 e. The summed E-state index contributed by atoms with van der Waals surface area (Å²) in [6.45, 7) is 8.14. The molecule has 16 nitrogen and oxygen atoms in total. The summed E-state index contributed by atoms with van der Waals surface area (Å²) in [5, 5.41) is 40.4. The van der Waals surface area contributed by atoms with E-state index in [0.717, 1.165) is 6.92 Å². The van der Waals surface area contributed by atoms with Gasteiger partial charge in [-0.2, -0.15) is 0 Å². The molecule has 1 aliphatic heterocycles. The molecular formula is C48H53NO15. The van der Waals surface area contributed by atoms with E-state index in [0.29, 0.717) is 5.56 Å². The summed E-state index contributed by atoms with van der Waals surface area (Å²) >= 11 is 0. The van der Waals surface area contributed by atoms with Gasteiger partial charge in [0.2, 0.25) is 0 Å². The minimum absolute atomic E-state index is 0.0225.